The lowest BCUT2D eigenvalue weighted by Crippen LogP contribution is -2.38. The summed E-state index contributed by atoms with van der Waals surface area (Å²) >= 11 is 3.45. The number of hydrogen-bond acceptors (Lipinski definition) is 4. The van der Waals surface area contributed by atoms with Crippen molar-refractivity contribution < 1.29 is 4.42 Å². The van der Waals surface area contributed by atoms with Gasteiger partial charge in [-0.05, 0) is 29.8 Å². The fourth-order valence-electron chi connectivity index (χ4n) is 2.34. The molecular weight excluding hydrogens is 396 g/mol. The zero-order chi connectivity index (χ0) is 18.2. The highest BCUT2D eigenvalue weighted by molar-refractivity contribution is 9.10. The molecule has 136 valence electrons. The topological polar surface area (TPSA) is 80.3 Å². The summed E-state index contributed by atoms with van der Waals surface area (Å²) in [5.41, 5.74) is 1.14. The van der Waals surface area contributed by atoms with Gasteiger partial charge in [-0.3, -0.25) is 4.68 Å². The second-order valence-corrected chi connectivity index (χ2v) is 6.62. The van der Waals surface area contributed by atoms with E-state index >= 15 is 0 Å². The van der Waals surface area contributed by atoms with E-state index in [2.05, 4.69) is 53.8 Å². The van der Waals surface area contributed by atoms with Crippen LogP contribution < -0.4 is 10.6 Å². The van der Waals surface area contributed by atoms with Crippen LogP contribution in [0.5, 0.6) is 0 Å². The molecule has 0 aliphatic carbocycles. The van der Waals surface area contributed by atoms with E-state index in [0.29, 0.717) is 13.1 Å². The summed E-state index contributed by atoms with van der Waals surface area (Å²) in [5, 5.41) is 10.7. The van der Waals surface area contributed by atoms with Gasteiger partial charge in [0.15, 0.2) is 5.96 Å². The van der Waals surface area contributed by atoms with Gasteiger partial charge in [-0.25, -0.2) is 9.98 Å². The Morgan fingerprint density at radius 2 is 2.08 bits per heavy atom. The van der Waals surface area contributed by atoms with Crippen LogP contribution in [-0.4, -0.2) is 27.3 Å². The van der Waals surface area contributed by atoms with E-state index in [1.54, 1.807) is 17.3 Å². The molecule has 2 N–H and O–H groups in total. The third kappa shape index (κ3) is 5.45. The molecule has 0 unspecified atom stereocenters. The van der Waals surface area contributed by atoms with Crippen LogP contribution in [0.2, 0.25) is 0 Å². The SMILES string of the molecule is Cn1ncnc1CNC(=NCc1ccc(Br)cc1)NCCc1ccco1. The molecule has 0 bridgehead atoms. The molecule has 26 heavy (non-hydrogen) atoms. The van der Waals surface area contributed by atoms with Gasteiger partial charge in [-0.15, -0.1) is 0 Å². The first-order valence-electron chi connectivity index (χ1n) is 8.32. The molecular formula is C18H21BrN6O. The largest absolute Gasteiger partial charge is 0.469 e. The second-order valence-electron chi connectivity index (χ2n) is 5.70. The molecule has 7 nitrogen and oxygen atoms in total. The lowest BCUT2D eigenvalue weighted by molar-refractivity contribution is 0.506. The summed E-state index contributed by atoms with van der Waals surface area (Å²) in [6.45, 7) is 1.85. The molecule has 2 aromatic heterocycles. The minimum Gasteiger partial charge on any atom is -0.469 e. The van der Waals surface area contributed by atoms with Crippen LogP contribution in [0.1, 0.15) is 17.1 Å². The average molecular weight is 417 g/mol. The van der Waals surface area contributed by atoms with Gasteiger partial charge in [0.2, 0.25) is 0 Å². The smallest absolute Gasteiger partial charge is 0.191 e. The van der Waals surface area contributed by atoms with Gasteiger partial charge in [0.25, 0.3) is 0 Å². The average Bonchev–Trinajstić information content (AvgIpc) is 3.30. The Hall–Kier alpha value is -2.61. The van der Waals surface area contributed by atoms with Crippen LogP contribution in [0, 0.1) is 0 Å². The normalized spacial score (nSPS) is 11.5. The van der Waals surface area contributed by atoms with Gasteiger partial charge in [0.05, 0.1) is 19.4 Å². The van der Waals surface area contributed by atoms with Gasteiger partial charge in [-0.1, -0.05) is 28.1 Å². The Bertz CT molecular complexity index is 826. The van der Waals surface area contributed by atoms with Crippen molar-refractivity contribution >= 4 is 21.9 Å². The molecule has 0 spiro atoms. The number of rotatable bonds is 7. The van der Waals surface area contributed by atoms with E-state index in [1.165, 1.54) is 0 Å². The predicted octanol–water partition coefficient (Wildman–Crippen LogP) is 2.65. The predicted molar refractivity (Wildman–Crippen MR) is 104 cm³/mol. The first-order chi connectivity index (χ1) is 12.7. The third-order valence-electron chi connectivity index (χ3n) is 3.80. The fraction of sp³-hybridized carbons (Fsp3) is 0.278. The molecule has 0 fully saturated rings. The lowest BCUT2D eigenvalue weighted by Gasteiger charge is -2.12. The minimum absolute atomic E-state index is 0.545. The first-order valence-corrected chi connectivity index (χ1v) is 9.12. The molecule has 0 amide bonds. The summed E-state index contributed by atoms with van der Waals surface area (Å²) in [7, 11) is 1.87. The van der Waals surface area contributed by atoms with Gasteiger partial charge in [0.1, 0.15) is 17.9 Å². The number of aliphatic imine (C=N–C) groups is 1. The number of halogens is 1. The van der Waals surface area contributed by atoms with Crippen LogP contribution >= 0.6 is 15.9 Å². The van der Waals surface area contributed by atoms with Crippen molar-refractivity contribution in [2.75, 3.05) is 6.54 Å². The van der Waals surface area contributed by atoms with Crippen LogP contribution in [0.4, 0.5) is 0 Å². The molecule has 0 radical (unpaired) electrons. The molecule has 0 atom stereocenters. The van der Waals surface area contributed by atoms with Gasteiger partial charge >= 0.3 is 0 Å². The van der Waals surface area contributed by atoms with Crippen molar-refractivity contribution in [3.63, 3.8) is 0 Å². The van der Waals surface area contributed by atoms with E-state index < -0.39 is 0 Å². The third-order valence-corrected chi connectivity index (χ3v) is 4.32. The molecule has 3 aromatic rings. The van der Waals surface area contributed by atoms with E-state index in [1.807, 2.05) is 31.3 Å². The van der Waals surface area contributed by atoms with Crippen molar-refractivity contribution in [2.45, 2.75) is 19.5 Å². The fourth-order valence-corrected chi connectivity index (χ4v) is 2.60. The zero-order valence-corrected chi connectivity index (χ0v) is 16.1. The quantitative estimate of drug-likeness (QED) is 0.457. The van der Waals surface area contributed by atoms with Crippen molar-refractivity contribution in [2.24, 2.45) is 12.0 Å². The van der Waals surface area contributed by atoms with Gasteiger partial charge < -0.3 is 15.1 Å². The molecule has 3 rings (SSSR count). The van der Waals surface area contributed by atoms with Crippen molar-refractivity contribution in [1.29, 1.82) is 0 Å². The number of aryl methyl sites for hydroxylation is 1. The number of benzene rings is 1. The molecule has 0 saturated carbocycles. The van der Waals surface area contributed by atoms with Crippen LogP contribution in [0.3, 0.4) is 0 Å². The highest BCUT2D eigenvalue weighted by Gasteiger charge is 2.04. The lowest BCUT2D eigenvalue weighted by atomic mass is 10.2. The Morgan fingerprint density at radius 3 is 2.77 bits per heavy atom. The molecule has 0 saturated heterocycles. The second kappa shape index (κ2) is 9.19. The van der Waals surface area contributed by atoms with Crippen molar-refractivity contribution in [1.82, 2.24) is 25.4 Å². The Kier molecular flexibility index (Phi) is 6.43. The highest BCUT2D eigenvalue weighted by Crippen LogP contribution is 2.11. The van der Waals surface area contributed by atoms with E-state index in [4.69, 9.17) is 4.42 Å². The minimum atomic E-state index is 0.545. The number of aromatic nitrogens is 3. The molecule has 2 heterocycles. The summed E-state index contributed by atoms with van der Waals surface area (Å²) in [4.78, 5) is 8.89. The number of nitrogens with one attached hydrogen (secondary N) is 2. The van der Waals surface area contributed by atoms with E-state index in [-0.39, 0.29) is 0 Å². The van der Waals surface area contributed by atoms with Gasteiger partial charge in [-0.2, -0.15) is 5.10 Å². The van der Waals surface area contributed by atoms with E-state index in [0.717, 1.165) is 40.5 Å². The highest BCUT2D eigenvalue weighted by atomic mass is 79.9. The number of nitrogens with zero attached hydrogens (tertiary/aromatic N) is 4. The summed E-state index contributed by atoms with van der Waals surface area (Å²) in [5.74, 6) is 2.51. The maximum atomic E-state index is 5.36. The maximum Gasteiger partial charge on any atom is 0.191 e. The summed E-state index contributed by atoms with van der Waals surface area (Å²) in [6.07, 6.45) is 4.01. The van der Waals surface area contributed by atoms with Crippen molar-refractivity contribution in [3.05, 3.63) is 70.6 Å². The Balaban J connectivity index is 1.60. The molecule has 0 aliphatic rings. The standard InChI is InChI=1S/C18H21BrN6O/c1-25-17(23-13-24-25)12-22-18(20-9-8-16-3-2-10-26-16)21-11-14-4-6-15(19)7-5-14/h2-7,10,13H,8-9,11-12H2,1H3,(H2,20,21,22). The van der Waals surface area contributed by atoms with Crippen LogP contribution in [-0.2, 0) is 26.6 Å². The summed E-state index contributed by atoms with van der Waals surface area (Å²) < 4.78 is 8.16. The van der Waals surface area contributed by atoms with Crippen LogP contribution in [0.15, 0.2) is 62.9 Å². The van der Waals surface area contributed by atoms with Crippen molar-refractivity contribution in [3.8, 4) is 0 Å². The molecule has 8 heteroatoms. The number of guanidine groups is 1. The first kappa shape index (κ1) is 18.2. The zero-order valence-electron chi connectivity index (χ0n) is 14.5. The number of furan rings is 1. The van der Waals surface area contributed by atoms with Gasteiger partial charge in [0, 0.05) is 24.5 Å². The molecule has 0 aliphatic heterocycles. The summed E-state index contributed by atoms with van der Waals surface area (Å²) in [6, 6.07) is 12.0. The van der Waals surface area contributed by atoms with Crippen LogP contribution in [0.25, 0.3) is 0 Å². The Morgan fingerprint density at radius 1 is 1.23 bits per heavy atom. The maximum absolute atomic E-state index is 5.36. The number of hydrogen-bond donors (Lipinski definition) is 2. The molecule has 1 aromatic carbocycles. The van der Waals surface area contributed by atoms with E-state index in [9.17, 15) is 0 Å². The monoisotopic (exact) mass is 416 g/mol. The Labute approximate surface area is 160 Å².